The third kappa shape index (κ3) is 10.8. The van der Waals surface area contributed by atoms with Gasteiger partial charge in [0, 0.05) is 7.11 Å². The number of hydrogen-bond acceptors (Lipinski definition) is 4. The normalized spacial score (nSPS) is 10.1. The van der Waals surface area contributed by atoms with Crippen molar-refractivity contribution in [1.29, 1.82) is 0 Å². The minimum atomic E-state index is -4.65. The Morgan fingerprint density at radius 1 is 1.57 bits per heavy atom. The summed E-state index contributed by atoms with van der Waals surface area (Å²) in [6, 6.07) is 0. The zero-order chi connectivity index (χ0) is 5.21. The van der Waals surface area contributed by atoms with Crippen LogP contribution >= 0.6 is 7.82 Å². The predicted octanol–water partition coefficient (Wildman–Crippen LogP) is -1.54. The van der Waals surface area contributed by atoms with Gasteiger partial charge in [0.1, 0.15) is 0 Å². The van der Waals surface area contributed by atoms with Crippen molar-refractivity contribution in [3.05, 3.63) is 0 Å². The molecule has 0 N–H and O–H groups in total. The van der Waals surface area contributed by atoms with E-state index >= 15 is 0 Å². The maximum atomic E-state index is 9.25. The molecule has 0 fully saturated rings. The summed E-state index contributed by atoms with van der Waals surface area (Å²) in [7, 11) is -3.83. The Labute approximate surface area is 53.9 Å². The summed E-state index contributed by atoms with van der Waals surface area (Å²) in [6.45, 7) is 0. The van der Waals surface area contributed by atoms with E-state index in [4.69, 9.17) is 0 Å². The van der Waals surface area contributed by atoms with E-state index in [-0.39, 0.29) is 19.5 Å². The van der Waals surface area contributed by atoms with Gasteiger partial charge in [-0.3, -0.25) is 0 Å². The second-order valence-corrected chi connectivity index (χ2v) is 1.89. The van der Waals surface area contributed by atoms with Crippen LogP contribution in [0.5, 0.6) is 0 Å². The van der Waals surface area contributed by atoms with Gasteiger partial charge >= 0.3 is 19.5 Å². The molecule has 4 nitrogen and oxygen atoms in total. The molecule has 38 valence electrons. The van der Waals surface area contributed by atoms with Crippen LogP contribution in [0.15, 0.2) is 0 Å². The molecular formula is CH3O4PZn. The number of rotatable bonds is 1. The minimum absolute atomic E-state index is 0. The van der Waals surface area contributed by atoms with Crippen LogP contribution < -0.4 is 9.79 Å². The fourth-order valence-corrected chi connectivity index (χ4v) is 0. The van der Waals surface area contributed by atoms with Crippen LogP contribution in [-0.4, -0.2) is 7.11 Å². The molecule has 0 bridgehead atoms. The number of phosphoric ester groups is 1. The molecule has 0 aliphatic carbocycles. The van der Waals surface area contributed by atoms with Gasteiger partial charge in [-0.1, -0.05) is 0 Å². The monoisotopic (exact) mass is 174 g/mol. The van der Waals surface area contributed by atoms with Crippen molar-refractivity contribution in [2.75, 3.05) is 7.11 Å². The fourth-order valence-electron chi connectivity index (χ4n) is 0. The number of hydrogen-bond donors (Lipinski definition) is 0. The van der Waals surface area contributed by atoms with Crippen molar-refractivity contribution >= 4 is 7.82 Å². The van der Waals surface area contributed by atoms with Crippen LogP contribution in [0.3, 0.4) is 0 Å². The third-order valence-corrected chi connectivity index (χ3v) is 0.671. The quantitative estimate of drug-likeness (QED) is 0.358. The first-order valence-electron chi connectivity index (χ1n) is 1.14. The van der Waals surface area contributed by atoms with Crippen LogP contribution in [0.2, 0.25) is 0 Å². The van der Waals surface area contributed by atoms with E-state index in [1.807, 2.05) is 0 Å². The zero-order valence-electron chi connectivity index (χ0n) is 3.79. The molecule has 0 amide bonds. The molecule has 0 spiro atoms. The first-order valence-corrected chi connectivity index (χ1v) is 2.60. The molecule has 0 atom stereocenters. The molecule has 6 heteroatoms. The molecule has 0 aromatic carbocycles. The molecule has 0 radical (unpaired) electrons. The molecule has 0 saturated carbocycles. The van der Waals surface area contributed by atoms with Crippen LogP contribution in [0, 0.1) is 0 Å². The van der Waals surface area contributed by atoms with E-state index in [2.05, 4.69) is 4.52 Å². The third-order valence-electron chi connectivity index (χ3n) is 0.224. The molecule has 0 saturated heterocycles. The van der Waals surface area contributed by atoms with Crippen LogP contribution in [0.4, 0.5) is 0 Å². The van der Waals surface area contributed by atoms with Gasteiger partial charge < -0.3 is 18.9 Å². The van der Waals surface area contributed by atoms with E-state index in [0.717, 1.165) is 7.11 Å². The SMILES string of the molecule is COP(=O)([O-])[O-].[Zn+2]. The van der Waals surface area contributed by atoms with Crippen molar-refractivity contribution in [3.8, 4) is 0 Å². The molecule has 7 heavy (non-hydrogen) atoms. The van der Waals surface area contributed by atoms with Gasteiger partial charge in [-0.05, 0) is 0 Å². The van der Waals surface area contributed by atoms with E-state index in [0.29, 0.717) is 0 Å². The van der Waals surface area contributed by atoms with Crippen molar-refractivity contribution in [1.82, 2.24) is 0 Å². The summed E-state index contributed by atoms with van der Waals surface area (Å²) in [4.78, 5) is 18.5. The topological polar surface area (TPSA) is 72.4 Å². The van der Waals surface area contributed by atoms with E-state index in [9.17, 15) is 14.4 Å². The molecule has 0 heterocycles. The largest absolute Gasteiger partial charge is 2.00 e. The van der Waals surface area contributed by atoms with Crippen LogP contribution in [0.1, 0.15) is 0 Å². The van der Waals surface area contributed by atoms with Crippen LogP contribution in [0.25, 0.3) is 0 Å². The molecule has 0 aliphatic heterocycles. The Kier molecular flexibility index (Phi) is 5.64. The summed E-state index contributed by atoms with van der Waals surface area (Å²) >= 11 is 0. The maximum Gasteiger partial charge on any atom is 2.00 e. The summed E-state index contributed by atoms with van der Waals surface area (Å²) in [5.74, 6) is 0. The molecule has 0 aromatic rings. The minimum Gasteiger partial charge on any atom is -0.790 e. The van der Waals surface area contributed by atoms with E-state index < -0.39 is 7.82 Å². The second kappa shape index (κ2) is 3.70. The van der Waals surface area contributed by atoms with Gasteiger partial charge in [0.15, 0.2) is 0 Å². The smallest absolute Gasteiger partial charge is 0.790 e. The first-order chi connectivity index (χ1) is 2.56. The van der Waals surface area contributed by atoms with Crippen molar-refractivity contribution in [2.24, 2.45) is 0 Å². The Morgan fingerprint density at radius 2 is 1.71 bits per heavy atom. The van der Waals surface area contributed by atoms with Gasteiger partial charge in [0.25, 0.3) is 0 Å². The summed E-state index contributed by atoms with van der Waals surface area (Å²) in [5, 5.41) is 0. The Balaban J connectivity index is 0. The van der Waals surface area contributed by atoms with Crippen molar-refractivity contribution < 1.29 is 38.4 Å². The summed E-state index contributed by atoms with van der Waals surface area (Å²) in [6.07, 6.45) is 0. The van der Waals surface area contributed by atoms with Gasteiger partial charge in [0.2, 0.25) is 0 Å². The molecular weight excluding hydrogens is 172 g/mol. The Hall–Kier alpha value is 0.733. The van der Waals surface area contributed by atoms with Crippen molar-refractivity contribution in [3.63, 3.8) is 0 Å². The van der Waals surface area contributed by atoms with Gasteiger partial charge in [-0.25, -0.2) is 0 Å². The molecule has 0 aromatic heterocycles. The van der Waals surface area contributed by atoms with Gasteiger partial charge in [-0.2, -0.15) is 0 Å². The predicted molar refractivity (Wildman–Crippen MR) is 14.6 cm³/mol. The van der Waals surface area contributed by atoms with E-state index in [1.165, 1.54) is 0 Å². The zero-order valence-corrected chi connectivity index (χ0v) is 7.65. The summed E-state index contributed by atoms with van der Waals surface area (Å²) in [5.41, 5.74) is 0. The van der Waals surface area contributed by atoms with E-state index in [1.54, 1.807) is 0 Å². The fraction of sp³-hybridized carbons (Fsp3) is 1.00. The average Bonchev–Trinajstić information content (AvgIpc) is 1.35. The standard InChI is InChI=1S/CH5O4P.Zn/c1-5-6(2,3)4;/h1H3,(H2,2,3,4);/q;+2/p-2. The second-order valence-electron chi connectivity index (χ2n) is 0.630. The van der Waals surface area contributed by atoms with Gasteiger partial charge in [0.05, 0.1) is 7.82 Å². The number of phosphoric acid groups is 1. The maximum absolute atomic E-state index is 9.25. The van der Waals surface area contributed by atoms with Crippen molar-refractivity contribution in [2.45, 2.75) is 0 Å². The van der Waals surface area contributed by atoms with Gasteiger partial charge in [-0.15, -0.1) is 0 Å². The van der Waals surface area contributed by atoms with Crippen LogP contribution in [-0.2, 0) is 28.6 Å². The summed E-state index contributed by atoms with van der Waals surface area (Å²) < 4.78 is 12.6. The average molecular weight is 175 g/mol. The molecule has 0 rings (SSSR count). The molecule has 0 aliphatic rings. The Bertz CT molecular complexity index is 75.8. The first kappa shape index (κ1) is 10.7. The molecule has 0 unspecified atom stereocenters. The Morgan fingerprint density at radius 3 is 1.71 bits per heavy atom.